The molecule has 124 valence electrons. The van der Waals surface area contributed by atoms with Gasteiger partial charge in [-0.3, -0.25) is 4.79 Å². The minimum atomic E-state index is -0.130. The number of piperidine rings is 1. The Morgan fingerprint density at radius 2 is 2.00 bits per heavy atom. The van der Waals surface area contributed by atoms with Crippen molar-refractivity contribution in [2.45, 2.75) is 38.8 Å². The van der Waals surface area contributed by atoms with E-state index in [1.165, 1.54) is 24.2 Å². The molecule has 0 bridgehead atoms. The average Bonchev–Trinajstić information content (AvgIpc) is 2.56. The lowest BCUT2D eigenvalue weighted by molar-refractivity contribution is -0.942. The lowest BCUT2D eigenvalue weighted by Gasteiger charge is -2.29. The maximum Gasteiger partial charge on any atom is 0.259 e. The van der Waals surface area contributed by atoms with Crippen LogP contribution in [0.1, 0.15) is 32.0 Å². The van der Waals surface area contributed by atoms with E-state index in [2.05, 4.69) is 16.9 Å². The molecule has 1 aliphatic rings. The molecule has 2 N–H and O–H groups in total. The predicted molar refractivity (Wildman–Crippen MR) is 88.3 cm³/mol. The minimum absolute atomic E-state index is 0.130. The van der Waals surface area contributed by atoms with Crippen LogP contribution in [0.5, 0.6) is 11.5 Å². The van der Waals surface area contributed by atoms with E-state index in [4.69, 9.17) is 9.47 Å². The van der Waals surface area contributed by atoms with Crippen molar-refractivity contribution in [2.75, 3.05) is 20.8 Å². The van der Waals surface area contributed by atoms with Crippen molar-refractivity contribution >= 4 is 10.9 Å². The fourth-order valence-electron chi connectivity index (χ4n) is 3.33. The topological polar surface area (TPSA) is 68.7 Å². The summed E-state index contributed by atoms with van der Waals surface area (Å²) in [6, 6.07) is 4.05. The molecule has 0 aliphatic carbocycles. The second kappa shape index (κ2) is 6.58. The summed E-state index contributed by atoms with van der Waals surface area (Å²) in [6.45, 7) is 4.15. The van der Waals surface area contributed by atoms with Gasteiger partial charge >= 0.3 is 0 Å². The van der Waals surface area contributed by atoms with Crippen molar-refractivity contribution in [3.8, 4) is 11.5 Å². The Labute approximate surface area is 135 Å². The van der Waals surface area contributed by atoms with Crippen molar-refractivity contribution < 1.29 is 14.4 Å². The maximum atomic E-state index is 12.4. The fourth-order valence-corrected chi connectivity index (χ4v) is 3.33. The number of hydrogen-bond donors (Lipinski definition) is 2. The van der Waals surface area contributed by atoms with E-state index in [0.717, 1.165) is 18.9 Å². The molecule has 2 heterocycles. The van der Waals surface area contributed by atoms with Gasteiger partial charge in [0.2, 0.25) is 0 Å². The standard InChI is InChI=1S/C17H23N3O3/c1-11-6-4-5-7-20(11)10-16-18-13-9-15(23-3)14(22-2)8-12(13)17(21)19-16/h8-9,11H,4-7,10H2,1-3H3,(H,18,19,21)/p+1/t11-/m0/s1. The van der Waals surface area contributed by atoms with Crippen LogP contribution in [0, 0.1) is 0 Å². The summed E-state index contributed by atoms with van der Waals surface area (Å²) in [5, 5.41) is 0.521. The predicted octanol–water partition coefficient (Wildman–Crippen LogP) is 0.898. The highest BCUT2D eigenvalue weighted by Gasteiger charge is 2.23. The molecule has 1 aromatic carbocycles. The Hall–Kier alpha value is -2.08. The lowest BCUT2D eigenvalue weighted by Crippen LogP contribution is -3.15. The number of nitrogens with zero attached hydrogens (tertiary/aromatic N) is 1. The Bertz CT molecular complexity index is 757. The summed E-state index contributed by atoms with van der Waals surface area (Å²) >= 11 is 0. The second-order valence-corrected chi connectivity index (χ2v) is 6.22. The summed E-state index contributed by atoms with van der Waals surface area (Å²) in [5.41, 5.74) is 0.514. The van der Waals surface area contributed by atoms with Gasteiger partial charge in [-0.2, -0.15) is 0 Å². The zero-order chi connectivity index (χ0) is 16.4. The van der Waals surface area contributed by atoms with Gasteiger partial charge in [-0.1, -0.05) is 0 Å². The van der Waals surface area contributed by atoms with Crippen LogP contribution in [0.25, 0.3) is 10.9 Å². The van der Waals surface area contributed by atoms with E-state index in [0.29, 0.717) is 28.4 Å². The molecular formula is C17H24N3O3+. The molecule has 1 aromatic heterocycles. The molecule has 6 nitrogen and oxygen atoms in total. The van der Waals surface area contributed by atoms with E-state index >= 15 is 0 Å². The number of methoxy groups -OCH3 is 2. The molecule has 0 amide bonds. The molecule has 23 heavy (non-hydrogen) atoms. The Kier molecular flexibility index (Phi) is 4.52. The minimum Gasteiger partial charge on any atom is -0.493 e. The largest absolute Gasteiger partial charge is 0.493 e. The highest BCUT2D eigenvalue weighted by Crippen LogP contribution is 2.29. The molecule has 1 saturated heterocycles. The second-order valence-electron chi connectivity index (χ2n) is 6.22. The SMILES string of the molecule is COc1cc2nc(C[NH+]3CCCC[C@@H]3C)[nH]c(=O)c2cc1OC. The van der Waals surface area contributed by atoms with E-state index in [1.54, 1.807) is 26.4 Å². The third kappa shape index (κ3) is 3.17. The molecule has 3 rings (SSSR count). The molecule has 2 atom stereocenters. The van der Waals surface area contributed by atoms with Crippen LogP contribution >= 0.6 is 0 Å². The van der Waals surface area contributed by atoms with Crippen LogP contribution in [-0.2, 0) is 6.54 Å². The molecule has 1 unspecified atom stereocenters. The number of nitrogens with one attached hydrogen (secondary N) is 2. The van der Waals surface area contributed by atoms with Crippen LogP contribution in [0.3, 0.4) is 0 Å². The monoisotopic (exact) mass is 318 g/mol. The van der Waals surface area contributed by atoms with E-state index in [1.807, 2.05) is 0 Å². The van der Waals surface area contributed by atoms with Crippen LogP contribution < -0.4 is 19.9 Å². The normalized spacial score (nSPS) is 21.3. The first-order valence-corrected chi connectivity index (χ1v) is 8.12. The summed E-state index contributed by atoms with van der Waals surface area (Å²) in [6.07, 6.45) is 3.77. The van der Waals surface area contributed by atoms with E-state index in [9.17, 15) is 4.79 Å². The van der Waals surface area contributed by atoms with Crippen LogP contribution in [0.2, 0.25) is 0 Å². The number of quaternary nitrogens is 1. The van der Waals surface area contributed by atoms with Gasteiger partial charge in [0.1, 0.15) is 6.54 Å². The summed E-state index contributed by atoms with van der Waals surface area (Å²) in [4.78, 5) is 21.4. The van der Waals surface area contributed by atoms with E-state index < -0.39 is 0 Å². The number of hydrogen-bond acceptors (Lipinski definition) is 4. The van der Waals surface area contributed by atoms with Gasteiger partial charge in [0.05, 0.1) is 37.7 Å². The highest BCUT2D eigenvalue weighted by atomic mass is 16.5. The first-order valence-electron chi connectivity index (χ1n) is 8.12. The lowest BCUT2D eigenvalue weighted by atomic mass is 10.0. The zero-order valence-corrected chi connectivity index (χ0v) is 13.9. The molecule has 1 fully saturated rings. The average molecular weight is 318 g/mol. The van der Waals surface area contributed by atoms with Crippen molar-refractivity contribution in [1.82, 2.24) is 9.97 Å². The molecular weight excluding hydrogens is 294 g/mol. The highest BCUT2D eigenvalue weighted by molar-refractivity contribution is 5.81. The van der Waals surface area contributed by atoms with Gasteiger partial charge in [-0.05, 0) is 32.3 Å². The Balaban J connectivity index is 1.98. The zero-order valence-electron chi connectivity index (χ0n) is 13.9. The van der Waals surface area contributed by atoms with Gasteiger partial charge in [0.15, 0.2) is 17.3 Å². The van der Waals surface area contributed by atoms with Crippen LogP contribution in [-0.4, -0.2) is 36.8 Å². The van der Waals surface area contributed by atoms with Crippen molar-refractivity contribution in [3.05, 3.63) is 28.3 Å². The fraction of sp³-hybridized carbons (Fsp3) is 0.529. The van der Waals surface area contributed by atoms with Crippen molar-refractivity contribution in [2.24, 2.45) is 0 Å². The summed E-state index contributed by atoms with van der Waals surface area (Å²) in [5.74, 6) is 1.86. The van der Waals surface area contributed by atoms with Gasteiger partial charge in [0, 0.05) is 6.07 Å². The number of ether oxygens (including phenoxy) is 2. The third-order valence-corrected chi connectivity index (χ3v) is 4.74. The van der Waals surface area contributed by atoms with Crippen LogP contribution in [0.15, 0.2) is 16.9 Å². The third-order valence-electron chi connectivity index (χ3n) is 4.74. The number of fused-ring (bicyclic) bond motifs is 1. The Morgan fingerprint density at radius 1 is 1.26 bits per heavy atom. The molecule has 0 radical (unpaired) electrons. The first kappa shape index (κ1) is 15.8. The number of benzene rings is 1. The smallest absolute Gasteiger partial charge is 0.259 e. The van der Waals surface area contributed by atoms with Gasteiger partial charge in [-0.15, -0.1) is 0 Å². The quantitative estimate of drug-likeness (QED) is 0.879. The molecule has 0 saturated carbocycles. The number of H-pyrrole nitrogens is 1. The number of likely N-dealkylation sites (tertiary alicyclic amines) is 1. The number of rotatable bonds is 4. The summed E-state index contributed by atoms with van der Waals surface area (Å²) < 4.78 is 10.6. The van der Waals surface area contributed by atoms with Gasteiger partial charge in [-0.25, -0.2) is 4.98 Å². The van der Waals surface area contributed by atoms with Crippen molar-refractivity contribution in [1.29, 1.82) is 0 Å². The van der Waals surface area contributed by atoms with E-state index in [-0.39, 0.29) is 5.56 Å². The van der Waals surface area contributed by atoms with Crippen LogP contribution in [0.4, 0.5) is 0 Å². The Morgan fingerprint density at radius 3 is 2.70 bits per heavy atom. The number of aromatic nitrogens is 2. The molecule has 1 aliphatic heterocycles. The van der Waals surface area contributed by atoms with Gasteiger partial charge in [0.25, 0.3) is 5.56 Å². The van der Waals surface area contributed by atoms with Crippen molar-refractivity contribution in [3.63, 3.8) is 0 Å². The molecule has 2 aromatic rings. The summed E-state index contributed by atoms with van der Waals surface area (Å²) in [7, 11) is 3.14. The first-order chi connectivity index (χ1) is 11.1. The molecule has 6 heteroatoms. The van der Waals surface area contributed by atoms with Gasteiger partial charge < -0.3 is 19.4 Å². The molecule has 0 spiro atoms. The maximum absolute atomic E-state index is 12.4. The number of aromatic amines is 1.